The average molecular weight is 246 g/mol. The minimum Gasteiger partial charge on any atom is -0.330 e. The summed E-state index contributed by atoms with van der Waals surface area (Å²) >= 11 is 1.91. The van der Waals surface area contributed by atoms with Crippen LogP contribution in [0.5, 0.6) is 0 Å². The van der Waals surface area contributed by atoms with E-state index in [0.29, 0.717) is 0 Å². The Hall–Kier alpha value is -1.10. The first-order valence-electron chi connectivity index (χ1n) is 6.21. The molecule has 88 valence electrons. The Balaban J connectivity index is 1.59. The van der Waals surface area contributed by atoms with Crippen LogP contribution in [-0.2, 0) is 0 Å². The predicted octanol–water partition coefficient (Wildman–Crippen LogP) is 2.63. The van der Waals surface area contributed by atoms with Crippen LogP contribution in [0.4, 0.5) is 0 Å². The van der Waals surface area contributed by atoms with Gasteiger partial charge in [0.2, 0.25) is 0 Å². The monoisotopic (exact) mass is 246 g/mol. The molecule has 0 spiro atoms. The van der Waals surface area contributed by atoms with Crippen molar-refractivity contribution in [1.82, 2.24) is 19.9 Å². The second kappa shape index (κ2) is 3.70. The van der Waals surface area contributed by atoms with Gasteiger partial charge in [0.05, 0.1) is 6.20 Å². The lowest BCUT2D eigenvalue weighted by Crippen LogP contribution is -2.12. The van der Waals surface area contributed by atoms with Crippen LogP contribution in [0.1, 0.15) is 25.7 Å². The maximum Gasteiger partial charge on any atom is 0.181 e. The summed E-state index contributed by atoms with van der Waals surface area (Å²) in [6.07, 6.45) is 9.03. The highest BCUT2D eigenvalue weighted by Gasteiger charge is 2.40. The number of nitrogens with zero attached hydrogens (tertiary/aromatic N) is 3. The molecule has 2 saturated carbocycles. The Kier molecular flexibility index (Phi) is 2.15. The summed E-state index contributed by atoms with van der Waals surface area (Å²) in [5.74, 6) is 1.91. The molecule has 1 N–H and O–H groups in total. The van der Waals surface area contributed by atoms with Crippen molar-refractivity contribution in [2.24, 2.45) is 11.8 Å². The number of imidazole rings is 1. The van der Waals surface area contributed by atoms with Crippen molar-refractivity contribution in [3.63, 3.8) is 0 Å². The third kappa shape index (κ3) is 1.64. The maximum atomic E-state index is 4.52. The van der Waals surface area contributed by atoms with Crippen molar-refractivity contribution >= 4 is 22.9 Å². The van der Waals surface area contributed by atoms with Gasteiger partial charge >= 0.3 is 0 Å². The zero-order chi connectivity index (χ0) is 11.2. The van der Waals surface area contributed by atoms with Crippen LogP contribution in [-0.4, -0.2) is 25.2 Å². The number of H-pyrrole nitrogens is 1. The molecule has 3 atom stereocenters. The third-order valence-corrected chi connectivity index (χ3v) is 5.37. The number of aromatic nitrogens is 4. The second-order valence-electron chi connectivity index (χ2n) is 5.13. The minimum absolute atomic E-state index is 0.766. The predicted molar refractivity (Wildman–Crippen MR) is 66.8 cm³/mol. The van der Waals surface area contributed by atoms with Gasteiger partial charge in [0.1, 0.15) is 11.8 Å². The van der Waals surface area contributed by atoms with Crippen molar-refractivity contribution in [2.45, 2.75) is 36.1 Å². The number of aromatic amines is 1. The molecule has 0 saturated heterocycles. The van der Waals surface area contributed by atoms with Crippen molar-refractivity contribution in [3.8, 4) is 0 Å². The molecule has 5 heteroatoms. The van der Waals surface area contributed by atoms with E-state index in [4.69, 9.17) is 0 Å². The molecule has 17 heavy (non-hydrogen) atoms. The Morgan fingerprint density at radius 3 is 3.06 bits per heavy atom. The number of fused-ring (bicyclic) bond motifs is 3. The van der Waals surface area contributed by atoms with Crippen LogP contribution >= 0.6 is 11.8 Å². The van der Waals surface area contributed by atoms with Gasteiger partial charge in [0, 0.05) is 5.25 Å². The zero-order valence-electron chi connectivity index (χ0n) is 9.47. The van der Waals surface area contributed by atoms with Crippen LogP contribution in [0.15, 0.2) is 17.7 Å². The quantitative estimate of drug-likeness (QED) is 0.885. The van der Waals surface area contributed by atoms with Crippen LogP contribution in [0, 0.1) is 11.8 Å². The van der Waals surface area contributed by atoms with E-state index in [0.717, 1.165) is 33.4 Å². The molecule has 2 fully saturated rings. The fraction of sp³-hybridized carbons (Fsp3) is 0.583. The molecule has 2 aromatic rings. The fourth-order valence-corrected chi connectivity index (χ4v) is 4.67. The van der Waals surface area contributed by atoms with Gasteiger partial charge in [-0.05, 0) is 31.1 Å². The smallest absolute Gasteiger partial charge is 0.181 e. The summed E-state index contributed by atoms with van der Waals surface area (Å²) in [6.45, 7) is 0. The fourth-order valence-electron chi connectivity index (χ4n) is 3.27. The maximum absolute atomic E-state index is 4.52. The molecule has 0 amide bonds. The molecule has 2 aliphatic rings. The third-order valence-electron chi connectivity index (χ3n) is 4.08. The molecule has 0 unspecified atom stereocenters. The van der Waals surface area contributed by atoms with E-state index in [9.17, 15) is 0 Å². The van der Waals surface area contributed by atoms with Gasteiger partial charge in [-0.25, -0.2) is 15.0 Å². The van der Waals surface area contributed by atoms with Crippen molar-refractivity contribution < 1.29 is 0 Å². The Morgan fingerprint density at radius 1 is 1.29 bits per heavy atom. The van der Waals surface area contributed by atoms with E-state index in [1.807, 2.05) is 11.8 Å². The van der Waals surface area contributed by atoms with Gasteiger partial charge < -0.3 is 4.98 Å². The molecule has 2 bridgehead atoms. The van der Waals surface area contributed by atoms with Gasteiger partial charge in [0.15, 0.2) is 10.8 Å². The molecule has 4 nitrogen and oxygen atoms in total. The highest BCUT2D eigenvalue weighted by atomic mass is 32.2. The lowest BCUT2D eigenvalue weighted by atomic mass is 10.0. The van der Waals surface area contributed by atoms with E-state index < -0.39 is 0 Å². The number of hydrogen-bond donors (Lipinski definition) is 1. The lowest BCUT2D eigenvalue weighted by Gasteiger charge is -2.19. The standard InChI is InChI=1S/C12H14N4S/c1-2-8-3-7(1)4-10(8)17-12-15-9-5-13-6-14-11(9)16-12/h5-8,10H,1-4H2,(H,13,14,15,16)/t7-,8+,10+/m0/s1. The van der Waals surface area contributed by atoms with Crippen LogP contribution < -0.4 is 0 Å². The molecule has 4 rings (SSSR count). The highest BCUT2D eigenvalue weighted by molar-refractivity contribution is 7.99. The average Bonchev–Trinajstić information content (AvgIpc) is 3.01. The topological polar surface area (TPSA) is 54.5 Å². The van der Waals surface area contributed by atoms with Gasteiger partial charge in [-0.2, -0.15) is 0 Å². The van der Waals surface area contributed by atoms with E-state index in [1.54, 1.807) is 12.5 Å². The normalized spacial score (nSPS) is 31.4. The first kappa shape index (κ1) is 9.88. The molecule has 2 aliphatic carbocycles. The summed E-state index contributed by atoms with van der Waals surface area (Å²) < 4.78 is 0. The van der Waals surface area contributed by atoms with E-state index in [1.165, 1.54) is 25.7 Å². The molecule has 2 heterocycles. The summed E-state index contributed by atoms with van der Waals surface area (Å²) in [4.78, 5) is 16.0. The number of nitrogens with one attached hydrogen (secondary N) is 1. The number of hydrogen-bond acceptors (Lipinski definition) is 4. The molecular formula is C12H14N4S. The highest BCUT2D eigenvalue weighted by Crippen LogP contribution is 2.50. The summed E-state index contributed by atoms with van der Waals surface area (Å²) in [5, 5.41) is 1.78. The van der Waals surface area contributed by atoms with Gasteiger partial charge in [-0.1, -0.05) is 18.2 Å². The van der Waals surface area contributed by atoms with E-state index in [-0.39, 0.29) is 0 Å². The largest absolute Gasteiger partial charge is 0.330 e. The Morgan fingerprint density at radius 2 is 2.29 bits per heavy atom. The van der Waals surface area contributed by atoms with Crippen LogP contribution in [0.2, 0.25) is 0 Å². The van der Waals surface area contributed by atoms with Crippen LogP contribution in [0.3, 0.4) is 0 Å². The van der Waals surface area contributed by atoms with Crippen molar-refractivity contribution in [3.05, 3.63) is 12.5 Å². The Bertz CT molecular complexity index is 519. The molecule has 0 radical (unpaired) electrons. The van der Waals surface area contributed by atoms with E-state index in [2.05, 4.69) is 19.9 Å². The Labute approximate surface area is 104 Å². The number of rotatable bonds is 2. The number of thioether (sulfide) groups is 1. The van der Waals surface area contributed by atoms with Gasteiger partial charge in [0.25, 0.3) is 0 Å². The van der Waals surface area contributed by atoms with Gasteiger partial charge in [-0.3, -0.25) is 0 Å². The summed E-state index contributed by atoms with van der Waals surface area (Å²) in [5.41, 5.74) is 1.73. The molecule has 2 aromatic heterocycles. The summed E-state index contributed by atoms with van der Waals surface area (Å²) in [6, 6.07) is 0. The minimum atomic E-state index is 0.766. The first-order chi connectivity index (χ1) is 8.38. The van der Waals surface area contributed by atoms with Crippen molar-refractivity contribution in [2.75, 3.05) is 0 Å². The van der Waals surface area contributed by atoms with Crippen LogP contribution in [0.25, 0.3) is 11.2 Å². The van der Waals surface area contributed by atoms with Crippen molar-refractivity contribution in [1.29, 1.82) is 0 Å². The zero-order valence-corrected chi connectivity index (χ0v) is 10.3. The van der Waals surface area contributed by atoms with E-state index >= 15 is 0 Å². The lowest BCUT2D eigenvalue weighted by molar-refractivity contribution is 0.491. The SMILES string of the molecule is c1ncc2[nH]c(S[C@@H]3C[C@H]4CC[C@@H]3C4)nc2n1. The molecular weight excluding hydrogens is 232 g/mol. The molecule has 0 aliphatic heterocycles. The van der Waals surface area contributed by atoms with Gasteiger partial charge in [-0.15, -0.1) is 0 Å². The molecule has 0 aromatic carbocycles. The summed E-state index contributed by atoms with van der Waals surface area (Å²) in [7, 11) is 0. The second-order valence-corrected chi connectivity index (χ2v) is 6.36. The first-order valence-corrected chi connectivity index (χ1v) is 7.09.